The van der Waals surface area contributed by atoms with Crippen molar-refractivity contribution in [3.63, 3.8) is 0 Å². The molecule has 20 heavy (non-hydrogen) atoms. The Kier molecular flexibility index (Phi) is 4.41. The van der Waals surface area contributed by atoms with Gasteiger partial charge < -0.3 is 9.47 Å². The summed E-state index contributed by atoms with van der Waals surface area (Å²) >= 11 is 0. The van der Waals surface area contributed by atoms with Crippen molar-refractivity contribution in [1.29, 1.82) is 0 Å². The summed E-state index contributed by atoms with van der Waals surface area (Å²) in [5.41, 5.74) is 1.27. The van der Waals surface area contributed by atoms with Gasteiger partial charge in [-0.1, -0.05) is 24.1 Å². The molecule has 3 nitrogen and oxygen atoms in total. The maximum atomic E-state index is 12.0. The van der Waals surface area contributed by atoms with Crippen LogP contribution in [-0.2, 0) is 0 Å². The first-order valence-electron chi connectivity index (χ1n) is 6.09. The number of benzene rings is 2. The van der Waals surface area contributed by atoms with Crippen LogP contribution in [-0.4, -0.2) is 19.5 Å². The van der Waals surface area contributed by atoms with Crippen LogP contribution in [0, 0.1) is 12.3 Å². The van der Waals surface area contributed by atoms with Crippen molar-refractivity contribution in [2.24, 2.45) is 0 Å². The van der Waals surface area contributed by atoms with E-state index in [4.69, 9.17) is 15.9 Å². The molecule has 0 aliphatic rings. The SMILES string of the molecule is C#Cc1cccc(OCC(=O)c2cccc(OC)c2)c1. The zero-order chi connectivity index (χ0) is 14.4. The van der Waals surface area contributed by atoms with Gasteiger partial charge in [-0.3, -0.25) is 4.79 Å². The molecule has 0 radical (unpaired) electrons. The summed E-state index contributed by atoms with van der Waals surface area (Å²) in [7, 11) is 1.56. The molecular formula is C17H14O3. The first kappa shape index (κ1) is 13.7. The van der Waals surface area contributed by atoms with Gasteiger partial charge in [-0.15, -0.1) is 6.42 Å². The van der Waals surface area contributed by atoms with Crippen LogP contribution in [0.1, 0.15) is 15.9 Å². The maximum absolute atomic E-state index is 12.0. The Balaban J connectivity index is 2.03. The quantitative estimate of drug-likeness (QED) is 0.616. The van der Waals surface area contributed by atoms with Gasteiger partial charge in [-0.05, 0) is 30.3 Å². The number of methoxy groups -OCH3 is 1. The fourth-order valence-electron chi connectivity index (χ4n) is 1.70. The lowest BCUT2D eigenvalue weighted by atomic mass is 10.1. The average molecular weight is 266 g/mol. The number of hydrogen-bond acceptors (Lipinski definition) is 3. The lowest BCUT2D eigenvalue weighted by Gasteiger charge is -2.07. The van der Waals surface area contributed by atoms with Crippen molar-refractivity contribution in [3.8, 4) is 23.8 Å². The second-order valence-corrected chi connectivity index (χ2v) is 4.12. The smallest absolute Gasteiger partial charge is 0.200 e. The predicted molar refractivity (Wildman–Crippen MR) is 77.2 cm³/mol. The fraction of sp³-hybridized carbons (Fsp3) is 0.118. The number of hydrogen-bond donors (Lipinski definition) is 0. The second kappa shape index (κ2) is 6.44. The summed E-state index contributed by atoms with van der Waals surface area (Å²) in [6, 6.07) is 14.0. The molecule has 0 bridgehead atoms. The number of carbonyl (C=O) groups excluding carboxylic acids is 1. The standard InChI is InChI=1S/C17H14O3/c1-3-13-6-4-9-16(10-13)20-12-17(18)14-7-5-8-15(11-14)19-2/h1,4-11H,12H2,2H3. The Morgan fingerprint density at radius 3 is 2.65 bits per heavy atom. The molecule has 0 spiro atoms. The van der Waals surface area contributed by atoms with E-state index in [2.05, 4.69) is 5.92 Å². The molecule has 0 unspecified atom stereocenters. The van der Waals surface area contributed by atoms with Crippen molar-refractivity contribution in [1.82, 2.24) is 0 Å². The largest absolute Gasteiger partial charge is 0.497 e. The van der Waals surface area contributed by atoms with E-state index in [-0.39, 0.29) is 12.4 Å². The molecule has 0 saturated heterocycles. The number of terminal acetylenes is 1. The van der Waals surface area contributed by atoms with E-state index in [1.54, 1.807) is 55.6 Å². The van der Waals surface area contributed by atoms with E-state index in [9.17, 15) is 4.79 Å². The Morgan fingerprint density at radius 1 is 1.15 bits per heavy atom. The molecule has 2 rings (SSSR count). The van der Waals surface area contributed by atoms with Gasteiger partial charge in [0.15, 0.2) is 12.4 Å². The minimum Gasteiger partial charge on any atom is -0.497 e. The molecule has 0 fully saturated rings. The van der Waals surface area contributed by atoms with Crippen molar-refractivity contribution < 1.29 is 14.3 Å². The molecule has 3 heteroatoms. The lowest BCUT2D eigenvalue weighted by Crippen LogP contribution is -2.11. The van der Waals surface area contributed by atoms with Gasteiger partial charge in [0, 0.05) is 11.1 Å². The normalized spacial score (nSPS) is 9.60. The monoisotopic (exact) mass is 266 g/mol. The Bertz CT molecular complexity index is 653. The third-order valence-electron chi connectivity index (χ3n) is 2.76. The summed E-state index contributed by atoms with van der Waals surface area (Å²) in [5, 5.41) is 0. The molecule has 100 valence electrons. The highest BCUT2D eigenvalue weighted by molar-refractivity contribution is 5.97. The first-order chi connectivity index (χ1) is 9.72. The summed E-state index contributed by atoms with van der Waals surface area (Å²) < 4.78 is 10.5. The average Bonchev–Trinajstić information content (AvgIpc) is 2.52. The molecule has 0 amide bonds. The predicted octanol–water partition coefficient (Wildman–Crippen LogP) is 2.94. The van der Waals surface area contributed by atoms with Crippen molar-refractivity contribution in [2.45, 2.75) is 0 Å². The summed E-state index contributed by atoms with van der Waals surface area (Å²) in [5.74, 6) is 3.63. The van der Waals surface area contributed by atoms with Gasteiger partial charge >= 0.3 is 0 Å². The van der Waals surface area contributed by atoms with E-state index in [0.29, 0.717) is 17.1 Å². The molecule has 0 saturated carbocycles. The molecule has 2 aromatic carbocycles. The molecule has 0 aromatic heterocycles. The molecule has 0 aliphatic heterocycles. The summed E-state index contributed by atoms with van der Waals surface area (Å²) in [6.07, 6.45) is 5.31. The minimum absolute atomic E-state index is 0.0405. The maximum Gasteiger partial charge on any atom is 0.200 e. The summed E-state index contributed by atoms with van der Waals surface area (Å²) in [6.45, 7) is -0.0405. The molecule has 0 aliphatic carbocycles. The number of ether oxygens (including phenoxy) is 2. The molecular weight excluding hydrogens is 252 g/mol. The highest BCUT2D eigenvalue weighted by Gasteiger charge is 2.08. The van der Waals surface area contributed by atoms with Crippen LogP contribution in [0.15, 0.2) is 48.5 Å². The Morgan fingerprint density at radius 2 is 1.90 bits per heavy atom. The van der Waals surface area contributed by atoms with Gasteiger partial charge in [0.05, 0.1) is 7.11 Å². The number of ketones is 1. The van der Waals surface area contributed by atoms with Gasteiger partial charge in [0.1, 0.15) is 11.5 Å². The minimum atomic E-state index is -0.116. The first-order valence-corrected chi connectivity index (χ1v) is 6.09. The van der Waals surface area contributed by atoms with Gasteiger partial charge in [0.2, 0.25) is 0 Å². The van der Waals surface area contributed by atoms with Crippen LogP contribution >= 0.6 is 0 Å². The van der Waals surface area contributed by atoms with Crippen molar-refractivity contribution in [2.75, 3.05) is 13.7 Å². The highest BCUT2D eigenvalue weighted by atomic mass is 16.5. The zero-order valence-corrected chi connectivity index (χ0v) is 11.1. The third kappa shape index (κ3) is 3.39. The number of Topliss-reactive ketones (excluding diaryl/α,β-unsaturated/α-hetero) is 1. The van der Waals surface area contributed by atoms with Gasteiger partial charge in [-0.2, -0.15) is 0 Å². The molecule has 0 atom stereocenters. The van der Waals surface area contributed by atoms with Crippen molar-refractivity contribution >= 4 is 5.78 Å². The Labute approximate surface area is 118 Å². The van der Waals surface area contributed by atoms with E-state index in [1.165, 1.54) is 0 Å². The topological polar surface area (TPSA) is 35.5 Å². The van der Waals surface area contributed by atoms with E-state index in [1.807, 2.05) is 0 Å². The Hall–Kier alpha value is -2.73. The van der Waals surface area contributed by atoms with E-state index < -0.39 is 0 Å². The fourth-order valence-corrected chi connectivity index (χ4v) is 1.70. The van der Waals surface area contributed by atoms with Gasteiger partial charge in [0.25, 0.3) is 0 Å². The van der Waals surface area contributed by atoms with Crippen molar-refractivity contribution in [3.05, 3.63) is 59.7 Å². The number of carbonyl (C=O) groups is 1. The second-order valence-electron chi connectivity index (χ2n) is 4.12. The summed E-state index contributed by atoms with van der Waals surface area (Å²) in [4.78, 5) is 12.0. The zero-order valence-electron chi connectivity index (χ0n) is 11.1. The van der Waals surface area contributed by atoms with E-state index >= 15 is 0 Å². The van der Waals surface area contributed by atoms with Crippen LogP contribution in [0.5, 0.6) is 11.5 Å². The highest BCUT2D eigenvalue weighted by Crippen LogP contribution is 2.15. The van der Waals surface area contributed by atoms with Crippen LogP contribution in [0.2, 0.25) is 0 Å². The third-order valence-corrected chi connectivity index (χ3v) is 2.76. The number of rotatable bonds is 5. The van der Waals surface area contributed by atoms with Gasteiger partial charge in [-0.25, -0.2) is 0 Å². The molecule has 2 aromatic rings. The lowest BCUT2D eigenvalue weighted by molar-refractivity contribution is 0.0921. The van der Waals surface area contributed by atoms with Crippen LogP contribution < -0.4 is 9.47 Å². The van der Waals surface area contributed by atoms with Crippen LogP contribution in [0.3, 0.4) is 0 Å². The van der Waals surface area contributed by atoms with E-state index in [0.717, 1.165) is 5.56 Å². The molecule has 0 heterocycles. The van der Waals surface area contributed by atoms with Crippen LogP contribution in [0.4, 0.5) is 0 Å². The van der Waals surface area contributed by atoms with Crippen LogP contribution in [0.25, 0.3) is 0 Å². The molecule has 0 N–H and O–H groups in total.